The molecule has 1 amide bonds. The molecule has 0 bridgehead atoms. The predicted octanol–water partition coefficient (Wildman–Crippen LogP) is 2.03. The minimum atomic E-state index is -0.809. The summed E-state index contributed by atoms with van der Waals surface area (Å²) in [5, 5.41) is 8.73. The summed E-state index contributed by atoms with van der Waals surface area (Å²) < 4.78 is 0. The Morgan fingerprint density at radius 3 is 2.47 bits per heavy atom. The molecule has 0 heterocycles. The van der Waals surface area contributed by atoms with Gasteiger partial charge in [0.1, 0.15) is 0 Å². The topological polar surface area (TPSA) is 70.1 Å². The molecule has 0 radical (unpaired) electrons. The summed E-state index contributed by atoms with van der Waals surface area (Å²) in [5.74, 6) is -0.0568. The maximum atomic E-state index is 12.2. The van der Waals surface area contributed by atoms with E-state index in [0.717, 1.165) is 12.0 Å². The first kappa shape index (κ1) is 15.2. The van der Waals surface area contributed by atoms with Crippen LogP contribution in [0, 0.1) is 11.3 Å². The van der Waals surface area contributed by atoms with Crippen LogP contribution in [0.1, 0.15) is 37.8 Å². The number of benzene rings is 1. The van der Waals surface area contributed by atoms with Gasteiger partial charge < -0.3 is 10.6 Å². The van der Waals surface area contributed by atoms with E-state index in [1.54, 1.807) is 31.0 Å². The molecule has 0 aliphatic heterocycles. The maximum absolute atomic E-state index is 12.2. The summed E-state index contributed by atoms with van der Waals surface area (Å²) in [7, 11) is 1.75. The number of carbonyl (C=O) groups excluding carboxylic acids is 1. The highest BCUT2D eigenvalue weighted by Crippen LogP contribution is 2.14. The second kappa shape index (κ2) is 6.35. The van der Waals surface area contributed by atoms with Gasteiger partial charge in [0.25, 0.3) is 0 Å². The van der Waals surface area contributed by atoms with Crippen molar-refractivity contribution in [1.29, 1.82) is 5.26 Å². The lowest BCUT2D eigenvalue weighted by atomic mass is 9.95. The highest BCUT2D eigenvalue weighted by atomic mass is 16.2. The minimum absolute atomic E-state index is 0.0568. The first-order valence-corrected chi connectivity index (χ1v) is 6.44. The summed E-state index contributed by atoms with van der Waals surface area (Å²) >= 11 is 0. The average molecular weight is 259 g/mol. The van der Waals surface area contributed by atoms with E-state index in [4.69, 9.17) is 11.0 Å². The fourth-order valence-corrected chi connectivity index (χ4v) is 2.09. The Morgan fingerprint density at radius 2 is 2.00 bits per heavy atom. The van der Waals surface area contributed by atoms with Gasteiger partial charge >= 0.3 is 0 Å². The summed E-state index contributed by atoms with van der Waals surface area (Å²) in [6.45, 7) is 4.29. The first-order valence-electron chi connectivity index (χ1n) is 6.44. The molecule has 4 heteroatoms. The largest absolute Gasteiger partial charge is 0.340 e. The standard InChI is InChI=1S/C15H21N3O/c1-4-9-15(2,17)14(19)18(3)11-13-7-5-12(10-16)6-8-13/h5-8H,4,9,11,17H2,1-3H3. The van der Waals surface area contributed by atoms with E-state index in [-0.39, 0.29) is 5.91 Å². The van der Waals surface area contributed by atoms with Crippen LogP contribution >= 0.6 is 0 Å². The molecule has 102 valence electrons. The molecule has 1 aromatic rings. The van der Waals surface area contributed by atoms with Gasteiger partial charge in [0.15, 0.2) is 0 Å². The highest BCUT2D eigenvalue weighted by molar-refractivity contribution is 5.85. The molecular weight excluding hydrogens is 238 g/mol. The molecule has 19 heavy (non-hydrogen) atoms. The molecule has 1 atom stereocenters. The Morgan fingerprint density at radius 1 is 1.42 bits per heavy atom. The van der Waals surface area contributed by atoms with Gasteiger partial charge in [-0.2, -0.15) is 5.26 Å². The van der Waals surface area contributed by atoms with Crippen LogP contribution in [0.3, 0.4) is 0 Å². The van der Waals surface area contributed by atoms with E-state index in [0.29, 0.717) is 18.5 Å². The Hall–Kier alpha value is -1.86. The van der Waals surface area contributed by atoms with Crippen LogP contribution < -0.4 is 5.73 Å². The molecule has 0 aromatic heterocycles. The number of amides is 1. The first-order chi connectivity index (χ1) is 8.90. The van der Waals surface area contributed by atoms with Crippen LogP contribution in [-0.2, 0) is 11.3 Å². The van der Waals surface area contributed by atoms with Gasteiger partial charge in [0.05, 0.1) is 17.2 Å². The monoisotopic (exact) mass is 259 g/mol. The molecule has 0 fully saturated rings. The minimum Gasteiger partial charge on any atom is -0.340 e. The molecule has 1 rings (SSSR count). The Kier molecular flexibility index (Phi) is 5.08. The molecular formula is C15H21N3O. The van der Waals surface area contributed by atoms with E-state index < -0.39 is 5.54 Å². The molecule has 1 aromatic carbocycles. The lowest BCUT2D eigenvalue weighted by Crippen LogP contribution is -2.51. The lowest BCUT2D eigenvalue weighted by molar-refractivity contribution is -0.135. The van der Waals surface area contributed by atoms with Crippen molar-refractivity contribution >= 4 is 5.91 Å². The Balaban J connectivity index is 2.71. The third kappa shape index (κ3) is 4.08. The van der Waals surface area contributed by atoms with Crippen molar-refractivity contribution in [3.63, 3.8) is 0 Å². The van der Waals surface area contributed by atoms with Gasteiger partial charge in [-0.3, -0.25) is 4.79 Å². The second-order valence-corrected chi connectivity index (χ2v) is 5.14. The summed E-state index contributed by atoms with van der Waals surface area (Å²) in [6, 6.07) is 9.29. The van der Waals surface area contributed by atoms with Crippen molar-refractivity contribution < 1.29 is 4.79 Å². The average Bonchev–Trinajstić information content (AvgIpc) is 2.38. The zero-order valence-electron chi connectivity index (χ0n) is 11.8. The van der Waals surface area contributed by atoms with Crippen LogP contribution in [0.15, 0.2) is 24.3 Å². The highest BCUT2D eigenvalue weighted by Gasteiger charge is 2.29. The lowest BCUT2D eigenvalue weighted by Gasteiger charge is -2.29. The number of nitriles is 1. The Labute approximate surface area is 114 Å². The fourth-order valence-electron chi connectivity index (χ4n) is 2.09. The molecule has 0 aliphatic carbocycles. The SMILES string of the molecule is CCCC(C)(N)C(=O)N(C)Cc1ccc(C#N)cc1. The van der Waals surface area contributed by atoms with Crippen LogP contribution in [0.5, 0.6) is 0 Å². The number of likely N-dealkylation sites (N-methyl/N-ethyl adjacent to an activating group) is 1. The second-order valence-electron chi connectivity index (χ2n) is 5.14. The number of nitrogens with zero attached hydrogens (tertiary/aromatic N) is 2. The van der Waals surface area contributed by atoms with Crippen molar-refractivity contribution in [3.8, 4) is 6.07 Å². The van der Waals surface area contributed by atoms with Crippen molar-refractivity contribution in [2.45, 2.75) is 38.8 Å². The third-order valence-corrected chi connectivity index (χ3v) is 3.11. The molecule has 0 aliphatic rings. The molecule has 4 nitrogen and oxygen atoms in total. The summed E-state index contributed by atoms with van der Waals surface area (Å²) in [4.78, 5) is 13.9. The molecule has 2 N–H and O–H groups in total. The van der Waals surface area contributed by atoms with Crippen molar-refractivity contribution in [2.24, 2.45) is 5.73 Å². The maximum Gasteiger partial charge on any atom is 0.242 e. The van der Waals surface area contributed by atoms with Gasteiger partial charge in [-0.25, -0.2) is 0 Å². The zero-order chi connectivity index (χ0) is 14.5. The van der Waals surface area contributed by atoms with Gasteiger partial charge in [0, 0.05) is 13.6 Å². The number of nitrogens with two attached hydrogens (primary N) is 1. The van der Waals surface area contributed by atoms with E-state index in [1.807, 2.05) is 19.1 Å². The third-order valence-electron chi connectivity index (χ3n) is 3.11. The van der Waals surface area contributed by atoms with Crippen LogP contribution in [-0.4, -0.2) is 23.4 Å². The Bertz CT molecular complexity index is 471. The quantitative estimate of drug-likeness (QED) is 0.879. The van der Waals surface area contributed by atoms with E-state index >= 15 is 0 Å². The molecule has 1 unspecified atom stereocenters. The summed E-state index contributed by atoms with van der Waals surface area (Å²) in [6.07, 6.45) is 1.55. The predicted molar refractivity (Wildman–Crippen MR) is 75.1 cm³/mol. The molecule has 0 spiro atoms. The number of carbonyl (C=O) groups is 1. The van der Waals surface area contributed by atoms with Crippen LogP contribution in [0.25, 0.3) is 0 Å². The fraction of sp³-hybridized carbons (Fsp3) is 0.467. The number of rotatable bonds is 5. The van der Waals surface area contributed by atoms with Gasteiger partial charge in [-0.15, -0.1) is 0 Å². The normalized spacial score (nSPS) is 13.4. The van der Waals surface area contributed by atoms with E-state index in [2.05, 4.69) is 6.07 Å². The van der Waals surface area contributed by atoms with Crippen LogP contribution in [0.2, 0.25) is 0 Å². The van der Waals surface area contributed by atoms with E-state index in [9.17, 15) is 4.79 Å². The van der Waals surface area contributed by atoms with Crippen LogP contribution in [0.4, 0.5) is 0 Å². The van der Waals surface area contributed by atoms with Crippen molar-refractivity contribution in [3.05, 3.63) is 35.4 Å². The van der Waals surface area contributed by atoms with Gasteiger partial charge in [-0.1, -0.05) is 25.5 Å². The van der Waals surface area contributed by atoms with Gasteiger partial charge in [0.2, 0.25) is 5.91 Å². The van der Waals surface area contributed by atoms with Crippen molar-refractivity contribution in [1.82, 2.24) is 4.90 Å². The summed E-state index contributed by atoms with van der Waals surface area (Å²) in [5.41, 5.74) is 6.83. The van der Waals surface area contributed by atoms with Crippen molar-refractivity contribution in [2.75, 3.05) is 7.05 Å². The molecule has 0 saturated heterocycles. The number of hydrogen-bond donors (Lipinski definition) is 1. The van der Waals surface area contributed by atoms with Gasteiger partial charge in [-0.05, 0) is 31.0 Å². The number of hydrogen-bond acceptors (Lipinski definition) is 3. The molecule has 0 saturated carbocycles. The van der Waals surface area contributed by atoms with E-state index in [1.165, 1.54) is 0 Å². The zero-order valence-corrected chi connectivity index (χ0v) is 11.8. The smallest absolute Gasteiger partial charge is 0.242 e.